The third kappa shape index (κ3) is 4.58. The van der Waals surface area contributed by atoms with Crippen LogP contribution in [0.15, 0.2) is 36.4 Å². The Morgan fingerprint density at radius 1 is 1.00 bits per heavy atom. The first-order valence-corrected chi connectivity index (χ1v) is 10.2. The number of ether oxygens (including phenoxy) is 4. The summed E-state index contributed by atoms with van der Waals surface area (Å²) >= 11 is 0. The van der Waals surface area contributed by atoms with Crippen LogP contribution in [0, 0.1) is 0 Å². The van der Waals surface area contributed by atoms with Crippen molar-refractivity contribution in [1.29, 1.82) is 0 Å². The predicted octanol–water partition coefficient (Wildman–Crippen LogP) is 5.18. The number of hydrogen-bond donors (Lipinski definition) is 0. The third-order valence-corrected chi connectivity index (χ3v) is 5.21. The average molecular weight is 424 g/mol. The van der Waals surface area contributed by atoms with Crippen molar-refractivity contribution >= 4 is 23.1 Å². The largest absolute Gasteiger partial charge is 0.497 e. The smallest absolute Gasteiger partial charge is 0.308 e. The van der Waals surface area contributed by atoms with E-state index in [1.54, 1.807) is 13.2 Å². The first kappa shape index (κ1) is 22.4. The van der Waals surface area contributed by atoms with Gasteiger partial charge in [0.2, 0.25) is 0 Å². The minimum atomic E-state index is -0.674. The molecule has 6 heteroatoms. The Morgan fingerprint density at radius 2 is 1.68 bits per heavy atom. The van der Waals surface area contributed by atoms with Crippen LogP contribution in [0.5, 0.6) is 17.2 Å². The van der Waals surface area contributed by atoms with Gasteiger partial charge in [0.05, 0.1) is 12.7 Å². The molecule has 2 aromatic carbocycles. The molecule has 0 radical (unpaired) electrons. The van der Waals surface area contributed by atoms with E-state index in [0.717, 1.165) is 34.4 Å². The third-order valence-electron chi connectivity index (χ3n) is 5.21. The molecular formula is C25H28O6. The molecule has 1 heterocycles. The van der Waals surface area contributed by atoms with Crippen molar-refractivity contribution in [3.8, 4) is 17.2 Å². The second-order valence-corrected chi connectivity index (χ2v) is 7.84. The monoisotopic (exact) mass is 424 g/mol. The molecule has 0 saturated heterocycles. The van der Waals surface area contributed by atoms with E-state index in [4.69, 9.17) is 18.9 Å². The van der Waals surface area contributed by atoms with Crippen LogP contribution in [0.25, 0.3) is 11.1 Å². The number of carbonyl (C=O) groups excluding carboxylic acids is 2. The van der Waals surface area contributed by atoms with Gasteiger partial charge in [0.25, 0.3) is 0 Å². The zero-order valence-corrected chi connectivity index (χ0v) is 18.8. The van der Waals surface area contributed by atoms with Crippen LogP contribution in [-0.2, 0) is 20.9 Å². The highest BCUT2D eigenvalue weighted by atomic mass is 16.6. The standard InChI is InChI=1S/C25H28O6/c1-7-19-20-12-13-22(30-16(3)27)21(14-29-15(2)26)24(20)31-25(4,5)23(19)17-8-10-18(28-6)11-9-17/h8-13H,7,14H2,1-6H3. The molecule has 0 aliphatic carbocycles. The molecule has 0 fully saturated rings. The normalized spacial score (nSPS) is 14.4. The maximum atomic E-state index is 11.6. The Bertz CT molecular complexity index is 1030. The Hall–Kier alpha value is -3.28. The summed E-state index contributed by atoms with van der Waals surface area (Å²) in [6, 6.07) is 11.5. The van der Waals surface area contributed by atoms with Crippen LogP contribution in [0.4, 0.5) is 0 Å². The van der Waals surface area contributed by atoms with Crippen LogP contribution >= 0.6 is 0 Å². The second-order valence-electron chi connectivity index (χ2n) is 7.84. The summed E-state index contributed by atoms with van der Waals surface area (Å²) in [6.07, 6.45) is 0.765. The average Bonchev–Trinajstić information content (AvgIpc) is 2.71. The van der Waals surface area contributed by atoms with Crippen LogP contribution in [0.2, 0.25) is 0 Å². The molecule has 3 rings (SSSR count). The second kappa shape index (κ2) is 8.84. The lowest BCUT2D eigenvalue weighted by Crippen LogP contribution is -2.34. The minimum absolute atomic E-state index is 0.0495. The van der Waals surface area contributed by atoms with Crippen LogP contribution in [0.1, 0.15) is 57.7 Å². The molecule has 0 atom stereocenters. The maximum absolute atomic E-state index is 11.6. The zero-order valence-electron chi connectivity index (χ0n) is 18.8. The fraction of sp³-hybridized carbons (Fsp3) is 0.360. The lowest BCUT2D eigenvalue weighted by molar-refractivity contribution is -0.142. The van der Waals surface area contributed by atoms with E-state index in [9.17, 15) is 9.59 Å². The fourth-order valence-electron chi connectivity index (χ4n) is 3.98. The summed E-state index contributed by atoms with van der Waals surface area (Å²) in [5.74, 6) is 0.800. The minimum Gasteiger partial charge on any atom is -0.497 e. The van der Waals surface area contributed by atoms with Gasteiger partial charge in [0.1, 0.15) is 29.5 Å². The maximum Gasteiger partial charge on any atom is 0.308 e. The summed E-state index contributed by atoms with van der Waals surface area (Å²) in [6.45, 7) is 8.71. The fourth-order valence-corrected chi connectivity index (χ4v) is 3.98. The molecule has 0 amide bonds. The van der Waals surface area contributed by atoms with Crippen molar-refractivity contribution in [1.82, 2.24) is 0 Å². The van der Waals surface area contributed by atoms with Crippen molar-refractivity contribution < 1.29 is 28.5 Å². The van der Waals surface area contributed by atoms with E-state index in [0.29, 0.717) is 17.1 Å². The van der Waals surface area contributed by atoms with E-state index < -0.39 is 17.5 Å². The van der Waals surface area contributed by atoms with Gasteiger partial charge in [0.15, 0.2) is 0 Å². The highest BCUT2D eigenvalue weighted by Crippen LogP contribution is 2.50. The quantitative estimate of drug-likeness (QED) is 0.470. The molecular weight excluding hydrogens is 396 g/mol. The lowest BCUT2D eigenvalue weighted by atomic mass is 9.80. The van der Waals surface area contributed by atoms with Crippen molar-refractivity contribution in [2.24, 2.45) is 0 Å². The molecule has 164 valence electrons. The van der Waals surface area contributed by atoms with Gasteiger partial charge < -0.3 is 18.9 Å². The molecule has 31 heavy (non-hydrogen) atoms. The van der Waals surface area contributed by atoms with Crippen LogP contribution in [0.3, 0.4) is 0 Å². The van der Waals surface area contributed by atoms with Gasteiger partial charge in [-0.3, -0.25) is 9.59 Å². The Labute approximate surface area is 182 Å². The SMILES string of the molecule is CCC1=C(c2ccc(OC)cc2)C(C)(C)Oc2c1ccc(OC(C)=O)c2COC(C)=O. The summed E-state index contributed by atoms with van der Waals surface area (Å²) in [7, 11) is 1.64. The molecule has 0 bridgehead atoms. The summed E-state index contributed by atoms with van der Waals surface area (Å²) in [5, 5.41) is 0. The van der Waals surface area contributed by atoms with Crippen LogP contribution in [-0.4, -0.2) is 24.6 Å². The van der Waals surface area contributed by atoms with E-state index in [2.05, 4.69) is 6.92 Å². The molecule has 1 aliphatic heterocycles. The molecule has 0 aromatic heterocycles. The zero-order chi connectivity index (χ0) is 22.8. The number of esters is 2. The molecule has 1 aliphatic rings. The van der Waals surface area contributed by atoms with Crippen LogP contribution < -0.4 is 14.2 Å². The van der Waals surface area contributed by atoms with Crippen molar-refractivity contribution in [3.05, 3.63) is 53.1 Å². The van der Waals surface area contributed by atoms with Gasteiger partial charge in [-0.15, -0.1) is 0 Å². The summed E-state index contributed by atoms with van der Waals surface area (Å²) < 4.78 is 22.4. The molecule has 0 spiro atoms. The summed E-state index contributed by atoms with van der Waals surface area (Å²) in [5.41, 5.74) is 3.99. The number of methoxy groups -OCH3 is 1. The molecule has 0 N–H and O–H groups in total. The number of benzene rings is 2. The molecule has 0 unspecified atom stereocenters. The van der Waals surface area contributed by atoms with E-state index in [1.807, 2.05) is 44.2 Å². The van der Waals surface area contributed by atoms with Gasteiger partial charge >= 0.3 is 11.9 Å². The summed E-state index contributed by atoms with van der Waals surface area (Å²) in [4.78, 5) is 23.1. The predicted molar refractivity (Wildman–Crippen MR) is 118 cm³/mol. The Balaban J connectivity index is 2.23. The highest BCUT2D eigenvalue weighted by Gasteiger charge is 2.37. The van der Waals surface area contributed by atoms with Gasteiger partial charge in [-0.2, -0.15) is 0 Å². The Morgan fingerprint density at radius 3 is 2.23 bits per heavy atom. The van der Waals surface area contributed by atoms with Gasteiger partial charge in [-0.1, -0.05) is 19.1 Å². The topological polar surface area (TPSA) is 71.1 Å². The van der Waals surface area contributed by atoms with Crippen molar-refractivity contribution in [3.63, 3.8) is 0 Å². The molecule has 6 nitrogen and oxygen atoms in total. The highest BCUT2D eigenvalue weighted by molar-refractivity contribution is 5.98. The van der Waals surface area contributed by atoms with Gasteiger partial charge in [0, 0.05) is 25.0 Å². The Kier molecular flexibility index (Phi) is 6.39. The lowest BCUT2D eigenvalue weighted by Gasteiger charge is -2.38. The number of fused-ring (bicyclic) bond motifs is 1. The number of hydrogen-bond acceptors (Lipinski definition) is 6. The number of rotatable bonds is 6. The van der Waals surface area contributed by atoms with Gasteiger partial charge in [-0.25, -0.2) is 0 Å². The first-order valence-electron chi connectivity index (χ1n) is 10.2. The van der Waals surface area contributed by atoms with Gasteiger partial charge in [-0.05, 0) is 55.7 Å². The van der Waals surface area contributed by atoms with E-state index in [1.165, 1.54) is 13.8 Å². The first-order chi connectivity index (χ1) is 14.7. The number of allylic oxidation sites excluding steroid dienone is 1. The van der Waals surface area contributed by atoms with Crippen molar-refractivity contribution in [2.75, 3.05) is 7.11 Å². The van der Waals surface area contributed by atoms with Crippen molar-refractivity contribution in [2.45, 2.75) is 53.2 Å². The molecule has 0 saturated carbocycles. The molecule has 2 aromatic rings. The van der Waals surface area contributed by atoms with E-state index in [-0.39, 0.29) is 6.61 Å². The van der Waals surface area contributed by atoms with E-state index >= 15 is 0 Å². The number of carbonyl (C=O) groups is 2.